The quantitative estimate of drug-likeness (QED) is 0.447. The van der Waals surface area contributed by atoms with E-state index in [0.717, 1.165) is 0 Å². The summed E-state index contributed by atoms with van der Waals surface area (Å²) in [7, 11) is 0. The van der Waals surface area contributed by atoms with E-state index in [1.165, 1.54) is 34.6 Å². The van der Waals surface area contributed by atoms with Crippen LogP contribution in [0.1, 0.15) is 47.5 Å². The van der Waals surface area contributed by atoms with Gasteiger partial charge in [-0.15, -0.1) is 0 Å². The molecule has 2 amide bonds. The molecule has 0 fully saturated rings. The Labute approximate surface area is 169 Å². The first kappa shape index (κ1) is 25.8. The first-order chi connectivity index (χ1) is 13.3. The molecular formula is C19H28N2O8. The molecule has 0 aromatic heterocycles. The van der Waals surface area contributed by atoms with Gasteiger partial charge in [0.1, 0.15) is 0 Å². The van der Waals surface area contributed by atoms with Crippen molar-refractivity contribution in [3.05, 3.63) is 24.3 Å². The second-order valence-electron chi connectivity index (χ2n) is 6.71. The largest absolute Gasteiger partial charge is 0.481 e. The first-order valence-corrected chi connectivity index (χ1v) is 8.88. The summed E-state index contributed by atoms with van der Waals surface area (Å²) in [5, 5.41) is 11.0. The van der Waals surface area contributed by atoms with Crippen LogP contribution in [0.15, 0.2) is 24.3 Å². The molecule has 0 aliphatic heterocycles. The molecule has 0 heterocycles. The lowest BCUT2D eigenvalue weighted by Gasteiger charge is -2.29. The van der Waals surface area contributed by atoms with Crippen LogP contribution in [0.3, 0.4) is 0 Å². The number of hydroxylamine groups is 4. The van der Waals surface area contributed by atoms with Crippen LogP contribution in [0.5, 0.6) is 0 Å². The van der Waals surface area contributed by atoms with Gasteiger partial charge in [0, 0.05) is 24.0 Å². The van der Waals surface area contributed by atoms with Gasteiger partial charge in [-0.2, -0.15) is 10.1 Å². The number of carboxylic acid groups (broad SMARTS) is 1. The maximum atomic E-state index is 12.5. The van der Waals surface area contributed by atoms with E-state index in [2.05, 4.69) is 13.2 Å². The Morgan fingerprint density at radius 2 is 1.14 bits per heavy atom. The number of hydrogen-bond donors (Lipinski definition) is 1. The minimum absolute atomic E-state index is 0.0290. The van der Waals surface area contributed by atoms with E-state index < -0.39 is 48.0 Å². The molecule has 0 spiro atoms. The van der Waals surface area contributed by atoms with Gasteiger partial charge in [0.05, 0.1) is 18.5 Å². The molecule has 29 heavy (non-hydrogen) atoms. The molecule has 0 radical (unpaired) electrons. The van der Waals surface area contributed by atoms with E-state index in [0.29, 0.717) is 10.1 Å². The highest BCUT2D eigenvalue weighted by molar-refractivity contribution is 5.92. The topological polar surface area (TPSA) is 131 Å². The fourth-order valence-electron chi connectivity index (χ4n) is 2.00. The molecule has 0 rings (SSSR count). The van der Waals surface area contributed by atoms with Crippen molar-refractivity contribution in [2.24, 2.45) is 5.41 Å². The second-order valence-corrected chi connectivity index (χ2v) is 6.71. The summed E-state index contributed by atoms with van der Waals surface area (Å²) in [5.41, 5.74) is -1.71. The minimum atomic E-state index is -1.83. The number of hydrogen-bond acceptors (Lipinski definition) is 7. The highest BCUT2D eigenvalue weighted by Gasteiger charge is 2.41. The predicted molar refractivity (Wildman–Crippen MR) is 102 cm³/mol. The normalized spacial score (nSPS) is 10.5. The summed E-state index contributed by atoms with van der Waals surface area (Å²) in [6.07, 6.45) is -1.26. The highest BCUT2D eigenvalue weighted by atomic mass is 16.7. The fourth-order valence-corrected chi connectivity index (χ4v) is 2.00. The van der Waals surface area contributed by atoms with Crippen molar-refractivity contribution in [1.82, 2.24) is 10.1 Å². The SMILES string of the molecule is C=C(C)C(=O)ON(CC)C(=O)CC(C)(CC(=O)N(CC)OC(=O)C(=C)C)C(=O)O. The van der Waals surface area contributed by atoms with E-state index in [9.17, 15) is 29.1 Å². The van der Waals surface area contributed by atoms with Crippen LogP contribution in [-0.2, 0) is 33.6 Å². The van der Waals surface area contributed by atoms with E-state index in [1.807, 2.05) is 0 Å². The number of carboxylic acids is 1. The summed E-state index contributed by atoms with van der Waals surface area (Å²) in [6.45, 7) is 13.8. The van der Waals surface area contributed by atoms with Gasteiger partial charge in [0.25, 0.3) is 11.8 Å². The summed E-state index contributed by atoms with van der Waals surface area (Å²) >= 11 is 0. The Bertz CT molecular complexity index is 663. The maximum absolute atomic E-state index is 12.5. The van der Waals surface area contributed by atoms with Gasteiger partial charge in [-0.05, 0) is 34.6 Å². The van der Waals surface area contributed by atoms with Crippen LogP contribution in [-0.4, -0.2) is 58.0 Å². The lowest BCUT2D eigenvalue weighted by atomic mass is 9.82. The van der Waals surface area contributed by atoms with Crippen LogP contribution in [0.2, 0.25) is 0 Å². The zero-order valence-electron chi connectivity index (χ0n) is 17.4. The van der Waals surface area contributed by atoms with Gasteiger partial charge in [-0.3, -0.25) is 14.4 Å². The van der Waals surface area contributed by atoms with Crippen LogP contribution < -0.4 is 0 Å². The maximum Gasteiger partial charge on any atom is 0.358 e. The van der Waals surface area contributed by atoms with Crippen molar-refractivity contribution in [3.63, 3.8) is 0 Å². The lowest BCUT2D eigenvalue weighted by Crippen LogP contribution is -2.43. The van der Waals surface area contributed by atoms with Crippen LogP contribution in [0, 0.1) is 5.41 Å². The Morgan fingerprint density at radius 3 is 1.34 bits per heavy atom. The average molecular weight is 412 g/mol. The Kier molecular flexibility index (Phi) is 9.78. The molecule has 0 saturated carbocycles. The fraction of sp³-hybridized carbons (Fsp3) is 0.526. The monoisotopic (exact) mass is 412 g/mol. The van der Waals surface area contributed by atoms with Gasteiger partial charge >= 0.3 is 17.9 Å². The lowest BCUT2D eigenvalue weighted by molar-refractivity contribution is -0.199. The van der Waals surface area contributed by atoms with Crippen LogP contribution in [0.4, 0.5) is 0 Å². The molecule has 0 atom stereocenters. The Morgan fingerprint density at radius 1 is 0.828 bits per heavy atom. The molecule has 0 saturated heterocycles. The van der Waals surface area contributed by atoms with E-state index in [-0.39, 0.29) is 24.2 Å². The molecular weight excluding hydrogens is 384 g/mol. The zero-order valence-corrected chi connectivity index (χ0v) is 17.4. The third kappa shape index (κ3) is 7.76. The third-order valence-electron chi connectivity index (χ3n) is 3.81. The van der Waals surface area contributed by atoms with Gasteiger partial charge in [0.2, 0.25) is 0 Å². The summed E-state index contributed by atoms with van der Waals surface area (Å²) in [5.74, 6) is -4.69. The van der Waals surface area contributed by atoms with Crippen molar-refractivity contribution in [2.45, 2.75) is 47.5 Å². The first-order valence-electron chi connectivity index (χ1n) is 8.88. The Balaban J connectivity index is 5.40. The van der Waals surface area contributed by atoms with Crippen molar-refractivity contribution in [3.8, 4) is 0 Å². The summed E-state index contributed by atoms with van der Waals surface area (Å²) in [6, 6.07) is 0. The number of amides is 2. The molecule has 0 aliphatic rings. The van der Waals surface area contributed by atoms with E-state index >= 15 is 0 Å². The molecule has 162 valence electrons. The number of nitrogens with zero attached hydrogens (tertiary/aromatic N) is 2. The van der Waals surface area contributed by atoms with Crippen LogP contribution >= 0.6 is 0 Å². The molecule has 0 unspecified atom stereocenters. The molecule has 0 aromatic carbocycles. The number of carbonyl (C=O) groups excluding carboxylic acids is 4. The molecule has 1 N–H and O–H groups in total. The van der Waals surface area contributed by atoms with Crippen molar-refractivity contribution < 1.29 is 38.8 Å². The smallest absolute Gasteiger partial charge is 0.358 e. The van der Waals surface area contributed by atoms with Crippen molar-refractivity contribution in [2.75, 3.05) is 13.1 Å². The zero-order chi connectivity index (χ0) is 22.9. The molecule has 0 aromatic rings. The predicted octanol–water partition coefficient (Wildman–Crippen LogP) is 1.62. The summed E-state index contributed by atoms with van der Waals surface area (Å²) < 4.78 is 0. The van der Waals surface area contributed by atoms with Gasteiger partial charge in [0.15, 0.2) is 0 Å². The third-order valence-corrected chi connectivity index (χ3v) is 3.81. The molecule has 0 aliphatic carbocycles. The van der Waals surface area contributed by atoms with Gasteiger partial charge < -0.3 is 14.8 Å². The highest BCUT2D eigenvalue weighted by Crippen LogP contribution is 2.29. The summed E-state index contributed by atoms with van der Waals surface area (Å²) in [4.78, 5) is 69.8. The second kappa shape index (κ2) is 11.0. The van der Waals surface area contributed by atoms with E-state index in [4.69, 9.17) is 9.68 Å². The standard InChI is InChI=1S/C19H28N2O8/c1-8-20(28-16(24)12(3)4)14(22)10-19(7,18(26)27)11-15(23)21(9-2)29-17(25)13(5)6/h3,5,8-11H2,1-2,4,6-7H3,(H,26,27). The van der Waals surface area contributed by atoms with Crippen molar-refractivity contribution >= 4 is 29.7 Å². The van der Waals surface area contributed by atoms with Crippen molar-refractivity contribution in [1.29, 1.82) is 0 Å². The average Bonchev–Trinajstić information content (AvgIpc) is 2.62. The minimum Gasteiger partial charge on any atom is -0.481 e. The number of aliphatic carboxylic acids is 1. The number of rotatable bonds is 9. The Hall–Kier alpha value is -3.17. The molecule has 10 heteroatoms. The van der Waals surface area contributed by atoms with E-state index in [1.54, 1.807) is 0 Å². The van der Waals surface area contributed by atoms with Gasteiger partial charge in [-0.1, -0.05) is 13.2 Å². The number of carbonyl (C=O) groups is 5. The van der Waals surface area contributed by atoms with Gasteiger partial charge in [-0.25, -0.2) is 9.59 Å². The molecule has 0 bridgehead atoms. The molecule has 10 nitrogen and oxygen atoms in total. The van der Waals surface area contributed by atoms with Crippen LogP contribution in [0.25, 0.3) is 0 Å².